The van der Waals surface area contributed by atoms with Crippen molar-refractivity contribution in [2.75, 3.05) is 20.3 Å². The molecule has 0 aliphatic carbocycles. The first kappa shape index (κ1) is 10.5. The summed E-state index contributed by atoms with van der Waals surface area (Å²) in [6.07, 6.45) is -0.105. The number of guanidine groups is 1. The lowest BCUT2D eigenvalue weighted by Gasteiger charge is -2.03. The van der Waals surface area contributed by atoms with Gasteiger partial charge >= 0.3 is 6.16 Å². The van der Waals surface area contributed by atoms with Crippen LogP contribution in [0.15, 0.2) is 0 Å². The highest BCUT2D eigenvalue weighted by atomic mass is 16.7. The molecule has 4 N–H and O–H groups in total. The number of methoxy groups -OCH3 is 1. The molecule has 0 unspecified atom stereocenters. The van der Waals surface area contributed by atoms with Gasteiger partial charge in [-0.05, 0) is 6.42 Å². The van der Waals surface area contributed by atoms with Gasteiger partial charge in [-0.25, -0.2) is 4.79 Å². The Morgan fingerprint density at radius 1 is 1.67 bits per heavy atom. The van der Waals surface area contributed by atoms with Gasteiger partial charge in [-0.3, -0.25) is 5.41 Å². The summed E-state index contributed by atoms with van der Waals surface area (Å²) < 4.78 is 8.79. The van der Waals surface area contributed by atoms with Crippen molar-refractivity contribution in [3.63, 3.8) is 0 Å². The minimum Gasteiger partial charge on any atom is -0.438 e. The van der Waals surface area contributed by atoms with Crippen LogP contribution in [0.25, 0.3) is 0 Å². The fourth-order valence-corrected chi connectivity index (χ4v) is 0.510. The lowest BCUT2D eigenvalue weighted by Crippen LogP contribution is -2.31. The summed E-state index contributed by atoms with van der Waals surface area (Å²) in [7, 11) is 1.25. The molecule has 0 rings (SSSR count). The van der Waals surface area contributed by atoms with E-state index >= 15 is 0 Å². The number of ether oxygens (including phenoxy) is 2. The van der Waals surface area contributed by atoms with Gasteiger partial charge in [0.25, 0.3) is 0 Å². The van der Waals surface area contributed by atoms with Crippen LogP contribution >= 0.6 is 0 Å². The van der Waals surface area contributed by atoms with Gasteiger partial charge in [0.1, 0.15) is 0 Å². The standard InChI is InChI=1S/C6H13N3O3/c1-11-6(10)12-4-2-3-9-5(7)8/h2-4H2,1H3,(H4,7,8,9). The number of nitrogens with one attached hydrogen (secondary N) is 2. The SMILES string of the molecule is COC(=O)OCCCNC(=N)N. The fourth-order valence-electron chi connectivity index (χ4n) is 0.510. The molecule has 0 aromatic heterocycles. The Kier molecular flexibility index (Phi) is 5.50. The molecule has 0 aromatic carbocycles. The Morgan fingerprint density at radius 2 is 2.33 bits per heavy atom. The van der Waals surface area contributed by atoms with Crippen molar-refractivity contribution < 1.29 is 14.3 Å². The number of hydrogen-bond acceptors (Lipinski definition) is 4. The number of nitrogens with two attached hydrogens (primary N) is 1. The monoisotopic (exact) mass is 175 g/mol. The molecule has 0 saturated carbocycles. The van der Waals surface area contributed by atoms with E-state index in [0.29, 0.717) is 13.0 Å². The van der Waals surface area contributed by atoms with Gasteiger partial charge < -0.3 is 20.5 Å². The maximum absolute atomic E-state index is 10.4. The van der Waals surface area contributed by atoms with Crippen molar-refractivity contribution >= 4 is 12.1 Å². The molecule has 70 valence electrons. The van der Waals surface area contributed by atoms with E-state index in [9.17, 15) is 4.79 Å². The van der Waals surface area contributed by atoms with Crippen LogP contribution in [0.4, 0.5) is 4.79 Å². The summed E-state index contributed by atoms with van der Waals surface area (Å²) in [6.45, 7) is 0.763. The highest BCUT2D eigenvalue weighted by Crippen LogP contribution is 1.84. The zero-order valence-corrected chi connectivity index (χ0v) is 6.92. The zero-order chi connectivity index (χ0) is 9.40. The molecule has 0 radical (unpaired) electrons. The largest absolute Gasteiger partial charge is 0.507 e. The molecule has 0 fully saturated rings. The third kappa shape index (κ3) is 6.66. The van der Waals surface area contributed by atoms with E-state index in [-0.39, 0.29) is 12.6 Å². The van der Waals surface area contributed by atoms with Gasteiger partial charge in [-0.2, -0.15) is 0 Å². The Labute approximate surface area is 70.5 Å². The summed E-state index contributed by atoms with van der Waals surface area (Å²) in [6, 6.07) is 0. The second kappa shape index (κ2) is 6.26. The highest BCUT2D eigenvalue weighted by Gasteiger charge is 1.98. The third-order valence-electron chi connectivity index (χ3n) is 1.02. The van der Waals surface area contributed by atoms with Gasteiger partial charge in [-0.1, -0.05) is 0 Å². The van der Waals surface area contributed by atoms with Crippen LogP contribution in [0.3, 0.4) is 0 Å². The van der Waals surface area contributed by atoms with Gasteiger partial charge in [0, 0.05) is 6.54 Å². The molecule has 0 atom stereocenters. The Bertz CT molecular complexity index is 160. The minimum absolute atomic E-state index is 0.0898. The Hall–Kier alpha value is -1.46. The predicted octanol–water partition coefficient (Wildman–Crippen LogP) is -0.357. The number of carbonyl (C=O) groups is 1. The molecule has 6 nitrogen and oxygen atoms in total. The van der Waals surface area contributed by atoms with Gasteiger partial charge in [-0.15, -0.1) is 0 Å². The van der Waals surface area contributed by atoms with Crippen molar-refractivity contribution in [3.05, 3.63) is 0 Å². The maximum atomic E-state index is 10.4. The van der Waals surface area contributed by atoms with Crippen LogP contribution in [0, 0.1) is 5.41 Å². The Balaban J connectivity index is 3.11. The first-order valence-corrected chi connectivity index (χ1v) is 3.45. The highest BCUT2D eigenvalue weighted by molar-refractivity contribution is 5.74. The maximum Gasteiger partial charge on any atom is 0.507 e. The van der Waals surface area contributed by atoms with E-state index in [4.69, 9.17) is 11.1 Å². The van der Waals surface area contributed by atoms with E-state index in [1.807, 2.05) is 0 Å². The quantitative estimate of drug-likeness (QED) is 0.235. The van der Waals surface area contributed by atoms with Crippen LogP contribution in [-0.4, -0.2) is 32.4 Å². The zero-order valence-electron chi connectivity index (χ0n) is 6.92. The summed E-state index contributed by atoms with van der Waals surface area (Å²) >= 11 is 0. The molecular weight excluding hydrogens is 162 g/mol. The molecule has 0 heterocycles. The van der Waals surface area contributed by atoms with E-state index in [2.05, 4.69) is 14.8 Å². The van der Waals surface area contributed by atoms with Crippen molar-refractivity contribution in [2.45, 2.75) is 6.42 Å². The molecule has 0 aliphatic rings. The van der Waals surface area contributed by atoms with Crippen molar-refractivity contribution in [1.82, 2.24) is 5.32 Å². The summed E-state index contributed by atoms with van der Waals surface area (Å²) in [5, 5.41) is 9.35. The minimum atomic E-state index is -0.696. The molecule has 0 saturated heterocycles. The second-order valence-electron chi connectivity index (χ2n) is 2.00. The van der Waals surface area contributed by atoms with Crippen LogP contribution in [-0.2, 0) is 9.47 Å². The van der Waals surface area contributed by atoms with E-state index in [1.54, 1.807) is 0 Å². The van der Waals surface area contributed by atoms with Gasteiger partial charge in [0.15, 0.2) is 5.96 Å². The number of rotatable bonds is 4. The summed E-state index contributed by atoms with van der Waals surface area (Å²) in [5.74, 6) is -0.0898. The van der Waals surface area contributed by atoms with Crippen molar-refractivity contribution in [2.24, 2.45) is 5.73 Å². The molecule has 0 aliphatic heterocycles. The van der Waals surface area contributed by atoms with E-state index in [0.717, 1.165) is 0 Å². The average Bonchev–Trinajstić information content (AvgIpc) is 2.03. The normalized spacial score (nSPS) is 8.75. The number of carbonyl (C=O) groups excluding carboxylic acids is 1. The lowest BCUT2D eigenvalue weighted by molar-refractivity contribution is 0.0721. The van der Waals surface area contributed by atoms with E-state index < -0.39 is 6.16 Å². The first-order chi connectivity index (χ1) is 5.66. The molecule has 6 heteroatoms. The van der Waals surface area contributed by atoms with E-state index in [1.165, 1.54) is 7.11 Å². The first-order valence-electron chi connectivity index (χ1n) is 3.45. The second-order valence-corrected chi connectivity index (χ2v) is 2.00. The van der Waals surface area contributed by atoms with Crippen LogP contribution < -0.4 is 11.1 Å². The topological polar surface area (TPSA) is 97.4 Å². The molecule has 0 aromatic rings. The summed E-state index contributed by atoms with van der Waals surface area (Å²) in [5.41, 5.74) is 5.00. The number of hydrogen-bond donors (Lipinski definition) is 3. The smallest absolute Gasteiger partial charge is 0.438 e. The fraction of sp³-hybridized carbons (Fsp3) is 0.667. The van der Waals surface area contributed by atoms with Gasteiger partial charge in [0.2, 0.25) is 0 Å². The average molecular weight is 175 g/mol. The van der Waals surface area contributed by atoms with Crippen LogP contribution in [0.2, 0.25) is 0 Å². The summed E-state index contributed by atoms with van der Waals surface area (Å²) in [4.78, 5) is 10.4. The predicted molar refractivity (Wildman–Crippen MR) is 42.9 cm³/mol. The molecule has 0 bridgehead atoms. The lowest BCUT2D eigenvalue weighted by atomic mass is 10.4. The molecule has 0 amide bonds. The van der Waals surface area contributed by atoms with Gasteiger partial charge in [0.05, 0.1) is 13.7 Å². The molecule has 12 heavy (non-hydrogen) atoms. The van der Waals surface area contributed by atoms with Crippen LogP contribution in [0.5, 0.6) is 0 Å². The van der Waals surface area contributed by atoms with Crippen molar-refractivity contribution in [3.8, 4) is 0 Å². The molecule has 0 spiro atoms. The third-order valence-corrected chi connectivity index (χ3v) is 1.02. The Morgan fingerprint density at radius 3 is 2.83 bits per heavy atom. The van der Waals surface area contributed by atoms with Crippen molar-refractivity contribution in [1.29, 1.82) is 5.41 Å². The molecular formula is C6H13N3O3. The van der Waals surface area contributed by atoms with Crippen LogP contribution in [0.1, 0.15) is 6.42 Å².